The number of benzene rings is 1. The normalized spacial score (nSPS) is 12.8. The molecule has 1 aromatic heterocycles. The second kappa shape index (κ2) is 5.99. The predicted molar refractivity (Wildman–Crippen MR) is 71.9 cm³/mol. The molecule has 21 heavy (non-hydrogen) atoms. The lowest BCUT2D eigenvalue weighted by atomic mass is 10.1. The summed E-state index contributed by atoms with van der Waals surface area (Å²) in [4.78, 5) is 8.30. The van der Waals surface area contributed by atoms with Gasteiger partial charge in [-0.05, 0) is 26.0 Å². The minimum absolute atomic E-state index is 0.243. The van der Waals surface area contributed by atoms with Gasteiger partial charge in [-0.2, -0.15) is 0 Å². The molecule has 4 nitrogen and oxygen atoms in total. The molecule has 0 aliphatic rings. The lowest BCUT2D eigenvalue weighted by Gasteiger charge is -2.19. The van der Waals surface area contributed by atoms with E-state index in [2.05, 4.69) is 20.0 Å². The maximum Gasteiger partial charge on any atom is 0.573 e. The van der Waals surface area contributed by atoms with Crippen LogP contribution in [0.25, 0.3) is 0 Å². The predicted octanol–water partition coefficient (Wildman–Crippen LogP) is 3.86. The van der Waals surface area contributed by atoms with Crippen LogP contribution >= 0.6 is 0 Å². The van der Waals surface area contributed by atoms with Crippen molar-refractivity contribution >= 4 is 5.69 Å². The highest BCUT2D eigenvalue weighted by atomic mass is 19.4. The quantitative estimate of drug-likeness (QED) is 0.931. The molecule has 1 heterocycles. The molecule has 0 saturated heterocycles. The highest BCUT2D eigenvalue weighted by Gasteiger charge is 2.32. The first-order valence-electron chi connectivity index (χ1n) is 6.25. The summed E-state index contributed by atoms with van der Waals surface area (Å²) in [6.45, 7) is 3.58. The largest absolute Gasteiger partial charge is 0.573 e. The van der Waals surface area contributed by atoms with Gasteiger partial charge in [-0.25, -0.2) is 0 Å². The van der Waals surface area contributed by atoms with Crippen LogP contribution in [0.1, 0.15) is 24.4 Å². The number of hydrogen-bond donors (Lipinski definition) is 1. The van der Waals surface area contributed by atoms with Gasteiger partial charge in [-0.15, -0.1) is 13.2 Å². The van der Waals surface area contributed by atoms with Crippen LogP contribution in [-0.4, -0.2) is 16.3 Å². The molecule has 0 amide bonds. The van der Waals surface area contributed by atoms with Crippen LogP contribution in [0.4, 0.5) is 18.9 Å². The van der Waals surface area contributed by atoms with Gasteiger partial charge in [0.15, 0.2) is 5.75 Å². The van der Waals surface area contributed by atoms with Crippen LogP contribution < -0.4 is 10.1 Å². The topological polar surface area (TPSA) is 47.0 Å². The fourth-order valence-corrected chi connectivity index (χ4v) is 1.94. The van der Waals surface area contributed by atoms with Crippen molar-refractivity contribution in [2.45, 2.75) is 26.3 Å². The number of ether oxygens (including phenoxy) is 1. The van der Waals surface area contributed by atoms with Crippen LogP contribution in [0.3, 0.4) is 0 Å². The van der Waals surface area contributed by atoms with E-state index in [9.17, 15) is 13.2 Å². The molecule has 1 aromatic carbocycles. The number of para-hydroxylation sites is 2. The number of alkyl halides is 3. The van der Waals surface area contributed by atoms with Crippen LogP contribution in [-0.2, 0) is 0 Å². The maximum absolute atomic E-state index is 12.4. The van der Waals surface area contributed by atoms with Crippen molar-refractivity contribution in [1.82, 2.24) is 9.97 Å². The number of nitrogens with one attached hydrogen (secondary N) is 1. The summed E-state index contributed by atoms with van der Waals surface area (Å²) in [5.41, 5.74) is 1.62. The van der Waals surface area contributed by atoms with Crippen molar-refractivity contribution in [2.24, 2.45) is 0 Å². The molecule has 0 saturated carbocycles. The number of hydrogen-bond acceptors (Lipinski definition) is 4. The first-order valence-corrected chi connectivity index (χ1v) is 6.25. The highest BCUT2D eigenvalue weighted by Crippen LogP contribution is 2.32. The van der Waals surface area contributed by atoms with Crippen molar-refractivity contribution in [1.29, 1.82) is 0 Å². The Kier molecular flexibility index (Phi) is 4.30. The summed E-state index contributed by atoms with van der Waals surface area (Å²) in [7, 11) is 0. The summed E-state index contributed by atoms with van der Waals surface area (Å²) in [6, 6.07) is 5.57. The number of aryl methyl sites for hydroxylation is 1. The Hall–Kier alpha value is -2.31. The number of nitrogens with zero attached hydrogens (tertiary/aromatic N) is 2. The Bertz CT molecular complexity index is 616. The van der Waals surface area contributed by atoms with Gasteiger partial charge in [-0.1, -0.05) is 12.1 Å². The first kappa shape index (κ1) is 15.1. The van der Waals surface area contributed by atoms with Crippen molar-refractivity contribution in [3.05, 3.63) is 48.0 Å². The van der Waals surface area contributed by atoms with Gasteiger partial charge in [0.2, 0.25) is 0 Å². The summed E-state index contributed by atoms with van der Waals surface area (Å²) >= 11 is 0. The van der Waals surface area contributed by atoms with Crippen LogP contribution in [0.15, 0.2) is 36.7 Å². The van der Waals surface area contributed by atoms with Gasteiger partial charge in [0.25, 0.3) is 0 Å². The Morgan fingerprint density at radius 1 is 1.14 bits per heavy atom. The fraction of sp³-hybridized carbons (Fsp3) is 0.286. The molecule has 0 fully saturated rings. The third-order valence-corrected chi connectivity index (χ3v) is 2.81. The second-order valence-electron chi connectivity index (χ2n) is 4.44. The molecule has 7 heteroatoms. The summed E-state index contributed by atoms with van der Waals surface area (Å²) in [5, 5.41) is 2.96. The SMILES string of the molecule is Cc1nccnc1C(C)Nc1ccccc1OC(F)(F)F. The van der Waals surface area contributed by atoms with E-state index in [-0.39, 0.29) is 17.5 Å². The molecule has 1 atom stereocenters. The smallest absolute Gasteiger partial charge is 0.404 e. The first-order chi connectivity index (χ1) is 9.87. The monoisotopic (exact) mass is 297 g/mol. The lowest BCUT2D eigenvalue weighted by Crippen LogP contribution is -2.19. The number of halogens is 3. The zero-order chi connectivity index (χ0) is 15.5. The van der Waals surface area contributed by atoms with Crippen molar-refractivity contribution < 1.29 is 17.9 Å². The van der Waals surface area contributed by atoms with Crippen LogP contribution in [0, 0.1) is 6.92 Å². The second-order valence-corrected chi connectivity index (χ2v) is 4.44. The third kappa shape index (κ3) is 4.08. The Balaban J connectivity index is 2.22. The van der Waals surface area contributed by atoms with E-state index in [1.54, 1.807) is 32.3 Å². The number of anilines is 1. The zero-order valence-electron chi connectivity index (χ0n) is 11.5. The minimum atomic E-state index is -4.73. The van der Waals surface area contributed by atoms with Crippen LogP contribution in [0.5, 0.6) is 5.75 Å². The van der Waals surface area contributed by atoms with E-state index < -0.39 is 6.36 Å². The molecule has 1 N–H and O–H groups in total. The van der Waals surface area contributed by atoms with Gasteiger partial charge < -0.3 is 10.1 Å². The molecular formula is C14H14F3N3O. The lowest BCUT2D eigenvalue weighted by molar-refractivity contribution is -0.274. The molecule has 0 bridgehead atoms. The minimum Gasteiger partial charge on any atom is -0.404 e. The maximum atomic E-state index is 12.4. The third-order valence-electron chi connectivity index (χ3n) is 2.81. The van der Waals surface area contributed by atoms with Gasteiger partial charge in [0.1, 0.15) is 0 Å². The summed E-state index contributed by atoms with van der Waals surface area (Å²) in [5.74, 6) is -0.279. The van der Waals surface area contributed by atoms with Gasteiger partial charge in [0.05, 0.1) is 23.1 Å². The molecule has 1 unspecified atom stereocenters. The van der Waals surface area contributed by atoms with Crippen molar-refractivity contribution in [3.63, 3.8) is 0 Å². The molecule has 0 radical (unpaired) electrons. The highest BCUT2D eigenvalue weighted by molar-refractivity contribution is 5.57. The molecule has 0 aliphatic heterocycles. The molecule has 2 rings (SSSR count). The number of rotatable bonds is 4. The summed E-state index contributed by atoms with van der Waals surface area (Å²) < 4.78 is 41.1. The van der Waals surface area contributed by atoms with Gasteiger partial charge >= 0.3 is 6.36 Å². The van der Waals surface area contributed by atoms with E-state index in [4.69, 9.17) is 0 Å². The molecule has 0 aliphatic carbocycles. The van der Waals surface area contributed by atoms with E-state index >= 15 is 0 Å². The van der Waals surface area contributed by atoms with Crippen LogP contribution in [0.2, 0.25) is 0 Å². The summed E-state index contributed by atoms with van der Waals surface area (Å²) in [6.07, 6.45) is -1.63. The zero-order valence-corrected chi connectivity index (χ0v) is 11.5. The average Bonchev–Trinajstić information content (AvgIpc) is 2.40. The van der Waals surface area contributed by atoms with Crippen molar-refractivity contribution in [3.8, 4) is 5.75 Å². The Morgan fingerprint density at radius 3 is 2.48 bits per heavy atom. The van der Waals surface area contributed by atoms with Crippen molar-refractivity contribution in [2.75, 3.05) is 5.32 Å². The number of aromatic nitrogens is 2. The van der Waals surface area contributed by atoms with E-state index in [0.717, 1.165) is 0 Å². The average molecular weight is 297 g/mol. The Morgan fingerprint density at radius 2 is 1.81 bits per heavy atom. The molecule has 0 spiro atoms. The molecule has 112 valence electrons. The fourth-order valence-electron chi connectivity index (χ4n) is 1.94. The molecular weight excluding hydrogens is 283 g/mol. The van der Waals surface area contributed by atoms with Gasteiger partial charge in [0, 0.05) is 12.4 Å². The van der Waals surface area contributed by atoms with E-state index in [1.165, 1.54) is 18.2 Å². The Labute approximate surface area is 120 Å². The molecule has 2 aromatic rings. The standard InChI is InChI=1S/C14H14F3N3O/c1-9-13(19-8-7-18-9)10(2)20-11-5-3-4-6-12(11)21-14(15,16)17/h3-8,10,20H,1-2H3. The van der Waals surface area contributed by atoms with Gasteiger partial charge in [-0.3, -0.25) is 9.97 Å². The van der Waals surface area contributed by atoms with E-state index in [1.807, 2.05) is 0 Å². The van der Waals surface area contributed by atoms with E-state index in [0.29, 0.717) is 11.4 Å².